The Bertz CT molecular complexity index is 468. The third-order valence-corrected chi connectivity index (χ3v) is 2.77. The number of nitrogens with zero attached hydrogens (tertiary/aromatic N) is 1. The molecule has 104 valence electrons. The van der Waals surface area contributed by atoms with E-state index in [0.717, 1.165) is 5.57 Å². The molecular formula is C15H21NO3. The number of ether oxygens (including phenoxy) is 2. The predicted molar refractivity (Wildman–Crippen MR) is 75.9 cm³/mol. The molecule has 0 radical (unpaired) electrons. The molecule has 4 heteroatoms. The summed E-state index contributed by atoms with van der Waals surface area (Å²) in [4.78, 5) is 14.2. The zero-order chi connectivity index (χ0) is 14.4. The highest BCUT2D eigenvalue weighted by Gasteiger charge is 2.18. The van der Waals surface area contributed by atoms with E-state index in [9.17, 15) is 4.79 Å². The van der Waals surface area contributed by atoms with Gasteiger partial charge < -0.3 is 14.4 Å². The van der Waals surface area contributed by atoms with E-state index >= 15 is 0 Å². The predicted octanol–water partition coefficient (Wildman–Crippen LogP) is 2.74. The van der Waals surface area contributed by atoms with Crippen molar-refractivity contribution >= 4 is 5.91 Å². The van der Waals surface area contributed by atoms with Crippen LogP contribution in [0.25, 0.3) is 0 Å². The smallest absolute Gasteiger partial charge is 0.257 e. The lowest BCUT2D eigenvalue weighted by molar-refractivity contribution is 0.0775. The number of likely N-dealkylation sites (N-methyl/N-ethyl adjacent to an activating group) is 1. The van der Waals surface area contributed by atoms with Crippen molar-refractivity contribution < 1.29 is 14.3 Å². The third kappa shape index (κ3) is 3.74. The largest absolute Gasteiger partial charge is 0.497 e. The van der Waals surface area contributed by atoms with Crippen molar-refractivity contribution in [2.75, 3.05) is 27.3 Å². The lowest BCUT2D eigenvalue weighted by Crippen LogP contribution is -2.32. The number of benzene rings is 1. The van der Waals surface area contributed by atoms with Crippen molar-refractivity contribution in [1.82, 2.24) is 4.90 Å². The minimum Gasteiger partial charge on any atom is -0.497 e. The van der Waals surface area contributed by atoms with Crippen molar-refractivity contribution in [3.05, 3.63) is 35.9 Å². The van der Waals surface area contributed by atoms with Gasteiger partial charge in [-0.2, -0.15) is 0 Å². The highest BCUT2D eigenvalue weighted by Crippen LogP contribution is 2.25. The number of amides is 1. The quantitative estimate of drug-likeness (QED) is 0.741. The molecule has 1 rings (SSSR count). The normalized spacial score (nSPS) is 9.89. The summed E-state index contributed by atoms with van der Waals surface area (Å²) in [6, 6.07) is 5.19. The lowest BCUT2D eigenvalue weighted by atomic mass is 10.1. The molecule has 1 amide bonds. The van der Waals surface area contributed by atoms with Crippen molar-refractivity contribution in [2.24, 2.45) is 0 Å². The molecule has 0 aliphatic heterocycles. The lowest BCUT2D eigenvalue weighted by Gasteiger charge is -2.22. The summed E-state index contributed by atoms with van der Waals surface area (Å²) in [5.41, 5.74) is 1.48. The number of hydrogen-bond donors (Lipinski definition) is 0. The van der Waals surface area contributed by atoms with E-state index in [4.69, 9.17) is 9.47 Å². The molecule has 1 aromatic rings. The van der Waals surface area contributed by atoms with Gasteiger partial charge in [0.1, 0.15) is 11.5 Å². The molecule has 0 saturated heterocycles. The van der Waals surface area contributed by atoms with E-state index in [1.807, 2.05) is 13.8 Å². The van der Waals surface area contributed by atoms with E-state index in [-0.39, 0.29) is 5.91 Å². The molecule has 0 aliphatic carbocycles. The van der Waals surface area contributed by atoms with E-state index in [2.05, 4.69) is 6.58 Å². The van der Waals surface area contributed by atoms with Crippen LogP contribution in [-0.4, -0.2) is 38.1 Å². The van der Waals surface area contributed by atoms with Gasteiger partial charge in [0, 0.05) is 19.2 Å². The van der Waals surface area contributed by atoms with Crippen LogP contribution in [0.15, 0.2) is 30.4 Å². The van der Waals surface area contributed by atoms with Gasteiger partial charge in [-0.1, -0.05) is 12.2 Å². The first-order valence-corrected chi connectivity index (χ1v) is 6.19. The van der Waals surface area contributed by atoms with Crippen LogP contribution in [0.5, 0.6) is 11.5 Å². The minimum absolute atomic E-state index is 0.0648. The Hall–Kier alpha value is -1.97. The van der Waals surface area contributed by atoms with Gasteiger partial charge in [0.25, 0.3) is 5.91 Å². The summed E-state index contributed by atoms with van der Waals surface area (Å²) in [5, 5.41) is 0. The van der Waals surface area contributed by atoms with Crippen LogP contribution in [0.3, 0.4) is 0 Å². The van der Waals surface area contributed by atoms with Gasteiger partial charge in [0.2, 0.25) is 0 Å². The summed E-state index contributed by atoms with van der Waals surface area (Å²) >= 11 is 0. The Morgan fingerprint density at radius 3 is 2.47 bits per heavy atom. The molecule has 0 fully saturated rings. The Balaban J connectivity index is 3.06. The maximum absolute atomic E-state index is 12.5. The van der Waals surface area contributed by atoms with Crippen molar-refractivity contribution in [3.8, 4) is 11.5 Å². The Morgan fingerprint density at radius 2 is 2.00 bits per heavy atom. The Labute approximate surface area is 114 Å². The molecule has 0 spiro atoms. The third-order valence-electron chi connectivity index (χ3n) is 2.77. The zero-order valence-corrected chi connectivity index (χ0v) is 12.0. The number of rotatable bonds is 6. The van der Waals surface area contributed by atoms with Gasteiger partial charge in [-0.3, -0.25) is 4.79 Å². The molecule has 0 heterocycles. The molecule has 1 aromatic carbocycles. The molecule has 0 bridgehead atoms. The Morgan fingerprint density at radius 1 is 1.32 bits per heavy atom. The summed E-state index contributed by atoms with van der Waals surface area (Å²) in [6.07, 6.45) is 0. The molecule has 0 atom stereocenters. The first-order valence-electron chi connectivity index (χ1n) is 6.19. The van der Waals surface area contributed by atoms with Gasteiger partial charge in [-0.25, -0.2) is 0 Å². The molecule has 0 aromatic heterocycles. The second kappa shape index (κ2) is 6.83. The second-order valence-corrected chi connectivity index (χ2v) is 4.34. The van der Waals surface area contributed by atoms with Gasteiger partial charge in [0.05, 0.1) is 19.8 Å². The summed E-state index contributed by atoms with van der Waals surface area (Å²) in [5.74, 6) is 1.12. The molecular weight excluding hydrogens is 242 g/mol. The van der Waals surface area contributed by atoms with Crippen LogP contribution >= 0.6 is 0 Å². The monoisotopic (exact) mass is 263 g/mol. The standard InChI is InChI=1S/C15H21NO3/c1-6-16(10-11(2)3)15(17)13-8-7-12(18-4)9-14(13)19-5/h7-9H,2,6,10H2,1,3-5H3. The number of carbonyl (C=O) groups is 1. The Kier molecular flexibility index (Phi) is 5.42. The van der Waals surface area contributed by atoms with E-state index in [1.165, 1.54) is 0 Å². The fraction of sp³-hybridized carbons (Fsp3) is 0.400. The first kappa shape index (κ1) is 15.1. The summed E-state index contributed by atoms with van der Waals surface area (Å²) in [7, 11) is 3.12. The van der Waals surface area contributed by atoms with Crippen LogP contribution in [0.1, 0.15) is 24.2 Å². The molecule has 0 saturated carbocycles. The highest BCUT2D eigenvalue weighted by atomic mass is 16.5. The highest BCUT2D eigenvalue weighted by molar-refractivity contribution is 5.97. The fourth-order valence-corrected chi connectivity index (χ4v) is 1.80. The van der Waals surface area contributed by atoms with Crippen molar-refractivity contribution in [1.29, 1.82) is 0 Å². The number of carbonyl (C=O) groups excluding carboxylic acids is 1. The van der Waals surface area contributed by atoms with Crippen LogP contribution < -0.4 is 9.47 Å². The zero-order valence-electron chi connectivity index (χ0n) is 12.0. The number of methoxy groups -OCH3 is 2. The second-order valence-electron chi connectivity index (χ2n) is 4.34. The molecule has 0 aliphatic rings. The average molecular weight is 263 g/mol. The van der Waals surface area contributed by atoms with Gasteiger partial charge in [-0.05, 0) is 26.0 Å². The maximum Gasteiger partial charge on any atom is 0.257 e. The van der Waals surface area contributed by atoms with Crippen LogP contribution in [0.4, 0.5) is 0 Å². The average Bonchev–Trinajstić information content (AvgIpc) is 2.42. The van der Waals surface area contributed by atoms with Crippen molar-refractivity contribution in [2.45, 2.75) is 13.8 Å². The fourth-order valence-electron chi connectivity index (χ4n) is 1.80. The molecule has 19 heavy (non-hydrogen) atoms. The van der Waals surface area contributed by atoms with Crippen LogP contribution in [0.2, 0.25) is 0 Å². The van der Waals surface area contributed by atoms with E-state index in [0.29, 0.717) is 30.2 Å². The number of hydrogen-bond acceptors (Lipinski definition) is 3. The minimum atomic E-state index is -0.0648. The summed E-state index contributed by atoms with van der Waals surface area (Å²) < 4.78 is 10.4. The molecule has 0 N–H and O–H groups in total. The topological polar surface area (TPSA) is 38.8 Å². The summed E-state index contributed by atoms with van der Waals surface area (Å²) in [6.45, 7) is 8.86. The van der Waals surface area contributed by atoms with E-state index in [1.54, 1.807) is 37.3 Å². The maximum atomic E-state index is 12.5. The molecule has 0 unspecified atom stereocenters. The van der Waals surface area contributed by atoms with Gasteiger partial charge >= 0.3 is 0 Å². The van der Waals surface area contributed by atoms with E-state index < -0.39 is 0 Å². The first-order chi connectivity index (χ1) is 9.03. The van der Waals surface area contributed by atoms with Crippen LogP contribution in [0, 0.1) is 0 Å². The molecule has 4 nitrogen and oxygen atoms in total. The van der Waals surface area contributed by atoms with Gasteiger partial charge in [0.15, 0.2) is 0 Å². The SMILES string of the molecule is C=C(C)CN(CC)C(=O)c1ccc(OC)cc1OC. The van der Waals surface area contributed by atoms with Gasteiger partial charge in [-0.15, -0.1) is 0 Å². The van der Waals surface area contributed by atoms with Crippen LogP contribution in [-0.2, 0) is 0 Å². The van der Waals surface area contributed by atoms with Crippen molar-refractivity contribution in [3.63, 3.8) is 0 Å².